The Bertz CT molecular complexity index is 684. The Morgan fingerprint density at radius 1 is 1.24 bits per heavy atom. The fraction of sp³-hybridized carbons (Fsp3) is 0.0714. The summed E-state index contributed by atoms with van der Waals surface area (Å²) in [6, 6.07) is 10.6. The lowest BCUT2D eigenvalue weighted by Gasteiger charge is -2.09. The van der Waals surface area contributed by atoms with Gasteiger partial charge in [0.15, 0.2) is 0 Å². The van der Waals surface area contributed by atoms with E-state index >= 15 is 0 Å². The number of nitro groups is 1. The molecule has 7 heteroatoms. The Kier molecular flexibility index (Phi) is 4.54. The van der Waals surface area contributed by atoms with E-state index < -0.39 is 10.9 Å². The van der Waals surface area contributed by atoms with Crippen molar-refractivity contribution in [1.29, 1.82) is 0 Å². The second-order valence-electron chi connectivity index (χ2n) is 4.16. The summed E-state index contributed by atoms with van der Waals surface area (Å²) in [7, 11) is 0. The maximum Gasteiger partial charge on any atom is 0.339 e. The maximum atomic E-state index is 11.1. The van der Waals surface area contributed by atoms with E-state index in [1.807, 2.05) is 0 Å². The van der Waals surface area contributed by atoms with Crippen LogP contribution in [-0.2, 0) is 6.61 Å². The molecule has 0 amide bonds. The van der Waals surface area contributed by atoms with Gasteiger partial charge in [-0.25, -0.2) is 4.79 Å². The molecule has 2 aromatic rings. The molecule has 0 aliphatic heterocycles. The Hall–Kier alpha value is -2.41. The van der Waals surface area contributed by atoms with Crippen LogP contribution in [0.25, 0.3) is 0 Å². The van der Waals surface area contributed by atoms with E-state index in [4.69, 9.17) is 9.84 Å². The minimum atomic E-state index is -1.09. The largest absolute Gasteiger partial charge is 0.488 e. The van der Waals surface area contributed by atoms with Crippen LogP contribution in [0, 0.1) is 10.1 Å². The third kappa shape index (κ3) is 3.79. The van der Waals surface area contributed by atoms with E-state index in [1.54, 1.807) is 24.3 Å². The van der Waals surface area contributed by atoms with Gasteiger partial charge in [0.1, 0.15) is 17.9 Å². The molecule has 0 aromatic heterocycles. The highest BCUT2D eigenvalue weighted by molar-refractivity contribution is 9.10. The number of hydrogen-bond donors (Lipinski definition) is 1. The molecular weight excluding hydrogens is 342 g/mol. The molecule has 0 atom stereocenters. The smallest absolute Gasteiger partial charge is 0.339 e. The molecule has 6 nitrogen and oxygen atoms in total. The molecule has 0 radical (unpaired) electrons. The van der Waals surface area contributed by atoms with Crippen molar-refractivity contribution in [3.63, 3.8) is 0 Å². The topological polar surface area (TPSA) is 89.7 Å². The number of benzene rings is 2. The van der Waals surface area contributed by atoms with Gasteiger partial charge in [-0.05, 0) is 35.9 Å². The van der Waals surface area contributed by atoms with Gasteiger partial charge in [-0.15, -0.1) is 0 Å². The molecule has 0 saturated heterocycles. The lowest BCUT2D eigenvalue weighted by molar-refractivity contribution is -0.384. The summed E-state index contributed by atoms with van der Waals surface area (Å²) >= 11 is 3.20. The first-order valence-electron chi connectivity index (χ1n) is 5.86. The van der Waals surface area contributed by atoms with Crippen LogP contribution < -0.4 is 4.74 Å². The molecular formula is C14H10BrNO5. The minimum Gasteiger partial charge on any atom is -0.488 e. The van der Waals surface area contributed by atoms with Gasteiger partial charge in [0.2, 0.25) is 0 Å². The molecule has 2 aromatic carbocycles. The normalized spacial score (nSPS) is 10.1. The van der Waals surface area contributed by atoms with Gasteiger partial charge in [0, 0.05) is 16.6 Å². The van der Waals surface area contributed by atoms with Crippen LogP contribution >= 0.6 is 15.9 Å². The first-order valence-corrected chi connectivity index (χ1v) is 6.65. The van der Waals surface area contributed by atoms with Gasteiger partial charge in [0.05, 0.1) is 4.92 Å². The SMILES string of the molecule is O=C(O)c1cc(Br)ccc1OCc1ccc([N+](=O)[O-])cc1. The Balaban J connectivity index is 2.13. The summed E-state index contributed by atoms with van der Waals surface area (Å²) in [5.41, 5.74) is 0.750. The van der Waals surface area contributed by atoms with Crippen LogP contribution in [0.15, 0.2) is 46.9 Å². The van der Waals surface area contributed by atoms with Crippen molar-refractivity contribution < 1.29 is 19.6 Å². The zero-order chi connectivity index (χ0) is 15.4. The van der Waals surface area contributed by atoms with E-state index in [0.717, 1.165) is 0 Å². The number of carboxylic acid groups (broad SMARTS) is 1. The maximum absolute atomic E-state index is 11.1. The van der Waals surface area contributed by atoms with Gasteiger partial charge in [-0.2, -0.15) is 0 Å². The van der Waals surface area contributed by atoms with E-state index in [0.29, 0.717) is 10.0 Å². The molecule has 2 rings (SSSR count). The summed E-state index contributed by atoms with van der Waals surface area (Å²) in [4.78, 5) is 21.2. The Morgan fingerprint density at radius 3 is 2.48 bits per heavy atom. The number of halogens is 1. The average molecular weight is 352 g/mol. The molecule has 0 fully saturated rings. The van der Waals surface area contributed by atoms with Crippen molar-refractivity contribution in [3.8, 4) is 5.75 Å². The first kappa shape index (κ1) is 15.0. The van der Waals surface area contributed by atoms with Crippen molar-refractivity contribution in [3.05, 3.63) is 68.2 Å². The van der Waals surface area contributed by atoms with Crippen molar-refractivity contribution in [2.75, 3.05) is 0 Å². The summed E-state index contributed by atoms with van der Waals surface area (Å²) in [6.07, 6.45) is 0. The minimum absolute atomic E-state index is 0.00591. The third-order valence-electron chi connectivity index (χ3n) is 2.71. The molecule has 0 saturated carbocycles. The second-order valence-corrected chi connectivity index (χ2v) is 5.07. The van der Waals surface area contributed by atoms with E-state index in [-0.39, 0.29) is 23.6 Å². The van der Waals surface area contributed by atoms with E-state index in [2.05, 4.69) is 15.9 Å². The number of aromatic carboxylic acids is 1. The number of ether oxygens (including phenoxy) is 1. The number of hydrogen-bond acceptors (Lipinski definition) is 4. The average Bonchev–Trinajstić information content (AvgIpc) is 2.46. The van der Waals surface area contributed by atoms with Crippen LogP contribution in [-0.4, -0.2) is 16.0 Å². The number of non-ortho nitro benzene ring substituents is 1. The van der Waals surface area contributed by atoms with Crippen LogP contribution in [0.2, 0.25) is 0 Å². The number of rotatable bonds is 5. The monoisotopic (exact) mass is 351 g/mol. The molecule has 0 spiro atoms. The summed E-state index contributed by atoms with van der Waals surface area (Å²) in [6.45, 7) is 0.125. The highest BCUT2D eigenvalue weighted by Crippen LogP contribution is 2.24. The van der Waals surface area contributed by atoms with Crippen LogP contribution in [0.1, 0.15) is 15.9 Å². The number of carboxylic acids is 1. The fourth-order valence-electron chi connectivity index (χ4n) is 1.67. The van der Waals surface area contributed by atoms with Gasteiger partial charge < -0.3 is 9.84 Å². The predicted molar refractivity (Wildman–Crippen MR) is 78.5 cm³/mol. The quantitative estimate of drug-likeness (QED) is 0.656. The van der Waals surface area contributed by atoms with Gasteiger partial charge >= 0.3 is 5.97 Å². The number of nitrogens with zero attached hydrogens (tertiary/aromatic N) is 1. The second kappa shape index (κ2) is 6.36. The molecule has 108 valence electrons. The number of carbonyl (C=O) groups is 1. The van der Waals surface area contributed by atoms with Crippen LogP contribution in [0.3, 0.4) is 0 Å². The van der Waals surface area contributed by atoms with E-state index in [9.17, 15) is 14.9 Å². The predicted octanol–water partition coefficient (Wildman–Crippen LogP) is 3.63. The molecule has 0 unspecified atom stereocenters. The summed E-state index contributed by atoms with van der Waals surface area (Å²) in [5, 5.41) is 19.7. The lowest BCUT2D eigenvalue weighted by atomic mass is 10.2. The zero-order valence-electron chi connectivity index (χ0n) is 10.7. The van der Waals surface area contributed by atoms with E-state index in [1.165, 1.54) is 18.2 Å². The van der Waals surface area contributed by atoms with Crippen molar-refractivity contribution in [2.24, 2.45) is 0 Å². The Labute approximate surface area is 128 Å². The highest BCUT2D eigenvalue weighted by atomic mass is 79.9. The van der Waals surface area contributed by atoms with Crippen LogP contribution in [0.5, 0.6) is 5.75 Å². The van der Waals surface area contributed by atoms with Crippen molar-refractivity contribution in [2.45, 2.75) is 6.61 Å². The molecule has 21 heavy (non-hydrogen) atoms. The summed E-state index contributed by atoms with van der Waals surface area (Å²) < 4.78 is 6.11. The van der Waals surface area contributed by atoms with Crippen LogP contribution in [0.4, 0.5) is 5.69 Å². The van der Waals surface area contributed by atoms with Gasteiger partial charge in [0.25, 0.3) is 5.69 Å². The van der Waals surface area contributed by atoms with Crippen molar-refractivity contribution >= 4 is 27.6 Å². The van der Waals surface area contributed by atoms with Gasteiger partial charge in [-0.1, -0.05) is 15.9 Å². The zero-order valence-corrected chi connectivity index (χ0v) is 12.2. The third-order valence-corrected chi connectivity index (χ3v) is 3.21. The van der Waals surface area contributed by atoms with Crippen molar-refractivity contribution in [1.82, 2.24) is 0 Å². The molecule has 1 N–H and O–H groups in total. The fourth-order valence-corrected chi connectivity index (χ4v) is 2.03. The molecule has 0 bridgehead atoms. The molecule has 0 aliphatic rings. The molecule has 0 heterocycles. The summed E-state index contributed by atoms with van der Waals surface area (Å²) in [5.74, 6) is -0.848. The highest BCUT2D eigenvalue weighted by Gasteiger charge is 2.12. The standard InChI is InChI=1S/C14H10BrNO5/c15-10-3-6-13(12(7-10)14(17)18)21-8-9-1-4-11(5-2-9)16(19)20/h1-7H,8H2,(H,17,18). The Morgan fingerprint density at radius 2 is 1.90 bits per heavy atom. The first-order chi connectivity index (χ1) is 9.97. The van der Waals surface area contributed by atoms with Gasteiger partial charge in [-0.3, -0.25) is 10.1 Å². The molecule has 0 aliphatic carbocycles. The lowest BCUT2D eigenvalue weighted by Crippen LogP contribution is -2.03. The number of nitro benzene ring substituents is 1.